The number of aromatic nitrogens is 2. The minimum Gasteiger partial charge on any atom is -0.287 e. The van der Waals surface area contributed by atoms with Crippen LogP contribution in [0, 0.1) is 0 Å². The third kappa shape index (κ3) is 4.73. The van der Waals surface area contributed by atoms with Crippen LogP contribution < -0.4 is 9.13 Å². The first-order valence-electron chi connectivity index (χ1n) is 9.84. The predicted molar refractivity (Wildman–Crippen MR) is 114 cm³/mol. The summed E-state index contributed by atoms with van der Waals surface area (Å²) in [7, 11) is 0. The van der Waals surface area contributed by atoms with Gasteiger partial charge in [0.15, 0.2) is 24.8 Å². The van der Waals surface area contributed by atoms with Crippen LogP contribution in [0.5, 0.6) is 0 Å². The summed E-state index contributed by atoms with van der Waals surface area (Å²) < 4.78 is 3.72. The minimum atomic E-state index is 0.0668. The Morgan fingerprint density at radius 2 is 0.833 bits per heavy atom. The summed E-state index contributed by atoms with van der Waals surface area (Å²) in [6.45, 7) is 0.632. The summed E-state index contributed by atoms with van der Waals surface area (Å²) >= 11 is 0. The second kappa shape index (κ2) is 9.05. The second-order valence-electron chi connectivity index (χ2n) is 7.10. The Kier molecular flexibility index (Phi) is 5.85. The molecule has 0 N–H and O–H groups in total. The normalized spacial score (nSPS) is 10.5. The van der Waals surface area contributed by atoms with E-state index < -0.39 is 0 Å². The van der Waals surface area contributed by atoms with Gasteiger partial charge in [-0.2, -0.15) is 9.13 Å². The van der Waals surface area contributed by atoms with Crippen molar-refractivity contribution in [2.45, 2.75) is 13.1 Å². The van der Waals surface area contributed by atoms with E-state index in [4.69, 9.17) is 0 Å². The third-order valence-electron chi connectivity index (χ3n) is 4.95. The van der Waals surface area contributed by atoms with E-state index in [0.29, 0.717) is 24.2 Å². The molecule has 0 bridgehead atoms. The molecular weight excluding hydrogens is 372 g/mol. The quantitative estimate of drug-likeness (QED) is 0.354. The number of hydrogen-bond acceptors (Lipinski definition) is 2. The summed E-state index contributed by atoms with van der Waals surface area (Å²) in [5.41, 5.74) is 3.38. The zero-order valence-corrected chi connectivity index (χ0v) is 16.5. The lowest BCUT2D eigenvalue weighted by Gasteiger charge is -2.05. The fraction of sp³-hybridized carbons (Fsp3) is 0.0769. The smallest absolute Gasteiger partial charge is 0.227 e. The van der Waals surface area contributed by atoms with Gasteiger partial charge in [0.2, 0.25) is 24.7 Å². The molecule has 4 aromatic rings. The lowest BCUT2D eigenvalue weighted by atomic mass is 10.00. The van der Waals surface area contributed by atoms with E-state index in [1.165, 1.54) is 0 Å². The highest BCUT2D eigenvalue weighted by molar-refractivity contribution is 5.96. The summed E-state index contributed by atoms with van der Waals surface area (Å²) in [5, 5.41) is 0. The van der Waals surface area contributed by atoms with Crippen LogP contribution in [0.2, 0.25) is 0 Å². The number of pyridine rings is 2. The molecule has 2 aromatic carbocycles. The number of hydrogen-bond donors (Lipinski definition) is 0. The molecule has 30 heavy (non-hydrogen) atoms. The average Bonchev–Trinajstić information content (AvgIpc) is 2.80. The largest absolute Gasteiger partial charge is 0.287 e. The Morgan fingerprint density at radius 1 is 0.500 bits per heavy atom. The van der Waals surface area contributed by atoms with Crippen molar-refractivity contribution in [3.8, 4) is 11.1 Å². The fourth-order valence-electron chi connectivity index (χ4n) is 3.29. The number of rotatable bonds is 7. The van der Waals surface area contributed by atoms with Crippen molar-refractivity contribution in [1.29, 1.82) is 0 Å². The van der Waals surface area contributed by atoms with Crippen molar-refractivity contribution in [2.75, 3.05) is 0 Å². The van der Waals surface area contributed by atoms with E-state index in [-0.39, 0.29) is 11.6 Å². The second-order valence-corrected chi connectivity index (χ2v) is 7.10. The number of benzene rings is 2. The lowest BCUT2D eigenvalue weighted by molar-refractivity contribution is -0.683. The van der Waals surface area contributed by atoms with Crippen molar-refractivity contribution in [2.24, 2.45) is 0 Å². The van der Waals surface area contributed by atoms with Crippen LogP contribution in [0.25, 0.3) is 11.1 Å². The molecule has 0 aliphatic heterocycles. The number of carbonyl (C=O) groups is 2. The Morgan fingerprint density at radius 3 is 1.17 bits per heavy atom. The summed E-state index contributed by atoms with van der Waals surface area (Å²) in [6, 6.07) is 26.7. The summed E-state index contributed by atoms with van der Waals surface area (Å²) in [6.07, 6.45) is 7.52. The number of carbonyl (C=O) groups excluding carboxylic acids is 2. The fourth-order valence-corrected chi connectivity index (χ4v) is 3.29. The molecule has 0 atom stereocenters. The lowest BCUT2D eigenvalue weighted by Crippen LogP contribution is -2.36. The van der Waals surface area contributed by atoms with Crippen LogP contribution in [0.15, 0.2) is 110 Å². The van der Waals surface area contributed by atoms with Crippen molar-refractivity contribution < 1.29 is 18.7 Å². The van der Waals surface area contributed by atoms with Crippen LogP contribution in [0.4, 0.5) is 0 Å². The molecule has 0 amide bonds. The van der Waals surface area contributed by atoms with Crippen LogP contribution in [-0.2, 0) is 13.1 Å². The first kappa shape index (κ1) is 19.4. The number of nitrogens with zero attached hydrogens (tertiary/aromatic N) is 2. The highest BCUT2D eigenvalue weighted by Crippen LogP contribution is 2.21. The van der Waals surface area contributed by atoms with E-state index in [2.05, 4.69) is 0 Å². The standard InChI is InChI=1S/C26H22N2O2/c29-25(19-27-15-3-1-4-16-27)23-11-7-21(8-12-23)22-9-13-24(14-10-22)26(30)20-28-17-5-2-6-18-28/h1-18H,19-20H2/q+2. The van der Waals surface area contributed by atoms with Crippen LogP contribution in [-0.4, -0.2) is 11.6 Å². The first-order valence-corrected chi connectivity index (χ1v) is 9.84. The van der Waals surface area contributed by atoms with Crippen molar-refractivity contribution >= 4 is 11.6 Å². The Balaban J connectivity index is 1.43. The summed E-state index contributed by atoms with van der Waals surface area (Å²) in [4.78, 5) is 24.9. The van der Waals surface area contributed by atoms with Gasteiger partial charge in [-0.25, -0.2) is 0 Å². The average molecular weight is 394 g/mol. The zero-order chi connectivity index (χ0) is 20.8. The van der Waals surface area contributed by atoms with E-state index in [0.717, 1.165) is 11.1 Å². The summed E-state index contributed by atoms with van der Waals surface area (Å²) in [5.74, 6) is 0.134. The van der Waals surface area contributed by atoms with Crippen LogP contribution in [0.3, 0.4) is 0 Å². The molecule has 2 heterocycles. The Labute approximate surface area is 175 Å². The molecule has 0 aliphatic rings. The van der Waals surface area contributed by atoms with Gasteiger partial charge in [-0.15, -0.1) is 0 Å². The van der Waals surface area contributed by atoms with Gasteiger partial charge in [0.25, 0.3) is 0 Å². The monoisotopic (exact) mass is 394 g/mol. The van der Waals surface area contributed by atoms with E-state index >= 15 is 0 Å². The molecule has 0 unspecified atom stereocenters. The van der Waals surface area contributed by atoms with E-state index in [1.807, 2.05) is 119 Å². The predicted octanol–water partition coefficient (Wildman–Crippen LogP) is 3.69. The van der Waals surface area contributed by atoms with Gasteiger partial charge in [-0.3, -0.25) is 9.59 Å². The molecule has 4 nitrogen and oxygen atoms in total. The number of ketones is 2. The van der Waals surface area contributed by atoms with Gasteiger partial charge in [0, 0.05) is 35.4 Å². The maximum absolute atomic E-state index is 12.5. The Hall–Kier alpha value is -3.92. The minimum absolute atomic E-state index is 0.0668. The van der Waals surface area contributed by atoms with E-state index in [9.17, 15) is 9.59 Å². The molecule has 4 heteroatoms. The molecule has 0 aliphatic carbocycles. The topological polar surface area (TPSA) is 41.9 Å². The van der Waals surface area contributed by atoms with Gasteiger partial charge in [0.05, 0.1) is 0 Å². The van der Waals surface area contributed by atoms with Crippen molar-refractivity contribution in [3.05, 3.63) is 121 Å². The zero-order valence-electron chi connectivity index (χ0n) is 16.5. The molecule has 0 spiro atoms. The van der Waals surface area contributed by atoms with Gasteiger partial charge < -0.3 is 0 Å². The SMILES string of the molecule is O=C(C[n+]1ccccc1)c1ccc(-c2ccc(C(=O)C[n+]3ccccc3)cc2)cc1. The molecule has 0 radical (unpaired) electrons. The van der Waals surface area contributed by atoms with Gasteiger partial charge in [-0.1, -0.05) is 60.7 Å². The third-order valence-corrected chi connectivity index (χ3v) is 4.95. The van der Waals surface area contributed by atoms with Gasteiger partial charge in [0.1, 0.15) is 0 Å². The molecule has 146 valence electrons. The number of Topliss-reactive ketones (excluding diaryl/α,β-unsaturated/α-hetero) is 2. The first-order chi connectivity index (χ1) is 14.7. The van der Waals surface area contributed by atoms with E-state index in [1.54, 1.807) is 0 Å². The molecule has 0 saturated carbocycles. The maximum Gasteiger partial charge on any atom is 0.227 e. The van der Waals surface area contributed by atoms with Crippen molar-refractivity contribution in [3.63, 3.8) is 0 Å². The van der Waals surface area contributed by atoms with Crippen molar-refractivity contribution in [1.82, 2.24) is 0 Å². The Bertz CT molecular complexity index is 1040. The molecule has 0 saturated heterocycles. The van der Waals surface area contributed by atoms with Gasteiger partial charge in [-0.05, 0) is 11.1 Å². The highest BCUT2D eigenvalue weighted by atomic mass is 16.1. The van der Waals surface area contributed by atoms with Gasteiger partial charge >= 0.3 is 0 Å². The van der Waals surface area contributed by atoms with Crippen LogP contribution in [0.1, 0.15) is 20.7 Å². The molecule has 4 rings (SSSR count). The molecule has 0 fully saturated rings. The molecule has 2 aromatic heterocycles. The molecular formula is C26H22N2O2+2. The highest BCUT2D eigenvalue weighted by Gasteiger charge is 2.13. The van der Waals surface area contributed by atoms with Crippen LogP contribution >= 0.6 is 0 Å². The maximum atomic E-state index is 12.5.